The molecule has 1 fully saturated rings. The summed E-state index contributed by atoms with van der Waals surface area (Å²) in [5.41, 5.74) is -0.464. The van der Waals surface area contributed by atoms with Crippen LogP contribution in [0.2, 0.25) is 0 Å². The van der Waals surface area contributed by atoms with Gasteiger partial charge in [-0.3, -0.25) is 0 Å². The third kappa shape index (κ3) is 5.08. The SMILES string of the molecule is C=CCC1CC[C@@H](NC(=O)OC(C)(C)C)[C@@H](C)O1. The maximum absolute atomic E-state index is 11.7. The minimum absolute atomic E-state index is 0.0104. The summed E-state index contributed by atoms with van der Waals surface area (Å²) in [4.78, 5) is 11.7. The van der Waals surface area contributed by atoms with Crippen LogP contribution in [0.4, 0.5) is 4.79 Å². The molecule has 0 saturated carbocycles. The fraction of sp³-hybridized carbons (Fsp3) is 0.786. The number of ether oxygens (including phenoxy) is 2. The van der Waals surface area contributed by atoms with Crippen LogP contribution in [0.5, 0.6) is 0 Å². The summed E-state index contributed by atoms with van der Waals surface area (Å²) in [7, 11) is 0. The Kier molecular flexibility index (Phi) is 5.20. The predicted octanol–water partition coefficient (Wildman–Crippen LogP) is 3.02. The molecule has 1 aliphatic rings. The molecule has 0 aliphatic carbocycles. The Morgan fingerprint density at radius 2 is 2.17 bits per heavy atom. The van der Waals surface area contributed by atoms with E-state index in [0.717, 1.165) is 19.3 Å². The Hall–Kier alpha value is -1.03. The van der Waals surface area contributed by atoms with Crippen molar-refractivity contribution in [3.63, 3.8) is 0 Å². The molecule has 1 rings (SSSR count). The number of carbonyl (C=O) groups excluding carboxylic acids is 1. The van der Waals surface area contributed by atoms with Gasteiger partial charge in [-0.1, -0.05) is 6.08 Å². The minimum atomic E-state index is -0.464. The second kappa shape index (κ2) is 6.23. The lowest BCUT2D eigenvalue weighted by atomic mass is 9.98. The third-order valence-corrected chi connectivity index (χ3v) is 2.91. The molecule has 0 radical (unpaired) electrons. The van der Waals surface area contributed by atoms with Crippen molar-refractivity contribution in [1.82, 2.24) is 5.32 Å². The molecular weight excluding hydrogens is 230 g/mol. The predicted molar refractivity (Wildman–Crippen MR) is 71.5 cm³/mol. The average Bonchev–Trinajstić information content (AvgIpc) is 2.20. The number of carbonyl (C=O) groups is 1. The van der Waals surface area contributed by atoms with E-state index in [1.165, 1.54) is 0 Å². The van der Waals surface area contributed by atoms with Gasteiger partial charge in [-0.15, -0.1) is 6.58 Å². The fourth-order valence-electron chi connectivity index (χ4n) is 2.07. The van der Waals surface area contributed by atoms with Crippen molar-refractivity contribution < 1.29 is 14.3 Å². The maximum Gasteiger partial charge on any atom is 0.407 e. The topological polar surface area (TPSA) is 47.6 Å². The van der Waals surface area contributed by atoms with Gasteiger partial charge < -0.3 is 14.8 Å². The summed E-state index contributed by atoms with van der Waals surface area (Å²) in [6.45, 7) is 11.3. The van der Waals surface area contributed by atoms with E-state index in [-0.39, 0.29) is 24.3 Å². The molecule has 0 aromatic carbocycles. The first-order valence-corrected chi connectivity index (χ1v) is 6.57. The molecule has 0 bridgehead atoms. The smallest absolute Gasteiger partial charge is 0.407 e. The third-order valence-electron chi connectivity index (χ3n) is 2.91. The maximum atomic E-state index is 11.7. The van der Waals surface area contributed by atoms with Crippen LogP contribution in [0.1, 0.15) is 47.0 Å². The lowest BCUT2D eigenvalue weighted by molar-refractivity contribution is -0.0581. The molecule has 4 heteroatoms. The minimum Gasteiger partial charge on any atom is -0.444 e. The van der Waals surface area contributed by atoms with Crippen molar-refractivity contribution in [2.75, 3.05) is 0 Å². The molecule has 1 amide bonds. The van der Waals surface area contributed by atoms with Gasteiger partial charge in [0.1, 0.15) is 5.60 Å². The van der Waals surface area contributed by atoms with E-state index >= 15 is 0 Å². The van der Waals surface area contributed by atoms with Crippen LogP contribution in [0.3, 0.4) is 0 Å². The highest BCUT2D eigenvalue weighted by Gasteiger charge is 2.29. The summed E-state index contributed by atoms with van der Waals surface area (Å²) >= 11 is 0. The first kappa shape index (κ1) is 15.0. The summed E-state index contributed by atoms with van der Waals surface area (Å²) in [5, 5.41) is 2.88. The van der Waals surface area contributed by atoms with E-state index in [0.29, 0.717) is 0 Å². The number of rotatable bonds is 3. The summed E-state index contributed by atoms with van der Waals surface area (Å²) in [5.74, 6) is 0. The molecule has 1 heterocycles. The van der Waals surface area contributed by atoms with Crippen LogP contribution >= 0.6 is 0 Å². The summed E-state index contributed by atoms with van der Waals surface area (Å²) in [6.07, 6.45) is 4.47. The second-order valence-electron chi connectivity index (χ2n) is 5.82. The van der Waals surface area contributed by atoms with E-state index in [1.54, 1.807) is 0 Å². The van der Waals surface area contributed by atoms with Gasteiger partial charge in [0.2, 0.25) is 0 Å². The molecule has 3 atom stereocenters. The molecule has 18 heavy (non-hydrogen) atoms. The lowest BCUT2D eigenvalue weighted by Crippen LogP contribution is -2.49. The largest absolute Gasteiger partial charge is 0.444 e. The molecule has 104 valence electrons. The summed E-state index contributed by atoms with van der Waals surface area (Å²) < 4.78 is 11.1. The number of hydrogen-bond acceptors (Lipinski definition) is 3. The zero-order valence-corrected chi connectivity index (χ0v) is 11.9. The Balaban J connectivity index is 2.40. The van der Waals surface area contributed by atoms with Gasteiger partial charge in [0.15, 0.2) is 0 Å². The van der Waals surface area contributed by atoms with Crippen molar-refractivity contribution in [3.8, 4) is 0 Å². The molecule has 1 unspecified atom stereocenters. The Morgan fingerprint density at radius 3 is 2.67 bits per heavy atom. The first-order valence-electron chi connectivity index (χ1n) is 6.57. The Morgan fingerprint density at radius 1 is 1.50 bits per heavy atom. The lowest BCUT2D eigenvalue weighted by Gasteiger charge is -2.35. The molecule has 4 nitrogen and oxygen atoms in total. The zero-order chi connectivity index (χ0) is 13.8. The van der Waals surface area contributed by atoms with Crippen molar-refractivity contribution in [2.24, 2.45) is 0 Å². The van der Waals surface area contributed by atoms with Gasteiger partial charge in [0.05, 0.1) is 18.2 Å². The van der Waals surface area contributed by atoms with Gasteiger partial charge in [0, 0.05) is 0 Å². The number of nitrogens with one attached hydrogen (secondary N) is 1. The van der Waals surface area contributed by atoms with Gasteiger partial charge in [-0.25, -0.2) is 4.79 Å². The monoisotopic (exact) mass is 255 g/mol. The highest BCUT2D eigenvalue weighted by Crippen LogP contribution is 2.22. The number of alkyl carbamates (subject to hydrolysis) is 1. The van der Waals surface area contributed by atoms with E-state index in [9.17, 15) is 4.79 Å². The van der Waals surface area contributed by atoms with E-state index in [4.69, 9.17) is 9.47 Å². The van der Waals surface area contributed by atoms with Crippen LogP contribution in [0.25, 0.3) is 0 Å². The molecule has 1 N–H and O–H groups in total. The van der Waals surface area contributed by atoms with Crippen LogP contribution in [0, 0.1) is 0 Å². The Labute approximate surface area is 110 Å². The number of amides is 1. The molecular formula is C14H25NO3. The number of hydrogen-bond donors (Lipinski definition) is 1. The van der Waals surface area contributed by atoms with E-state index < -0.39 is 5.60 Å². The van der Waals surface area contributed by atoms with Crippen molar-refractivity contribution in [1.29, 1.82) is 0 Å². The molecule has 1 aliphatic heterocycles. The van der Waals surface area contributed by atoms with Crippen LogP contribution in [-0.2, 0) is 9.47 Å². The van der Waals surface area contributed by atoms with Gasteiger partial charge >= 0.3 is 6.09 Å². The van der Waals surface area contributed by atoms with E-state index in [1.807, 2.05) is 33.8 Å². The molecule has 0 aromatic heterocycles. The van der Waals surface area contributed by atoms with Crippen molar-refractivity contribution in [2.45, 2.75) is 70.8 Å². The quantitative estimate of drug-likeness (QED) is 0.789. The van der Waals surface area contributed by atoms with Gasteiger partial charge in [0.25, 0.3) is 0 Å². The van der Waals surface area contributed by atoms with Crippen molar-refractivity contribution >= 4 is 6.09 Å². The highest BCUT2D eigenvalue weighted by molar-refractivity contribution is 5.68. The standard InChI is InChI=1S/C14H25NO3/c1-6-7-11-8-9-12(10(2)17-11)15-13(16)18-14(3,4)5/h6,10-12H,1,7-9H2,2-5H3,(H,15,16)/t10-,11?,12-/m1/s1. The second-order valence-corrected chi connectivity index (χ2v) is 5.82. The summed E-state index contributed by atoms with van der Waals surface area (Å²) in [6, 6.07) is 0.0286. The normalized spacial score (nSPS) is 28.6. The van der Waals surface area contributed by atoms with Crippen molar-refractivity contribution in [3.05, 3.63) is 12.7 Å². The molecule has 0 spiro atoms. The fourth-order valence-corrected chi connectivity index (χ4v) is 2.07. The van der Waals surface area contributed by atoms with Crippen LogP contribution in [-0.4, -0.2) is 29.9 Å². The van der Waals surface area contributed by atoms with Crippen LogP contribution < -0.4 is 5.32 Å². The van der Waals surface area contributed by atoms with Gasteiger partial charge in [-0.2, -0.15) is 0 Å². The highest BCUT2D eigenvalue weighted by atomic mass is 16.6. The molecule has 0 aromatic rings. The van der Waals surface area contributed by atoms with Crippen LogP contribution in [0.15, 0.2) is 12.7 Å². The van der Waals surface area contributed by atoms with E-state index in [2.05, 4.69) is 11.9 Å². The average molecular weight is 255 g/mol. The van der Waals surface area contributed by atoms with Gasteiger partial charge in [-0.05, 0) is 47.0 Å². The zero-order valence-electron chi connectivity index (χ0n) is 11.9. The first-order chi connectivity index (χ1) is 8.31. The molecule has 1 saturated heterocycles. The Bertz CT molecular complexity index is 296.